The van der Waals surface area contributed by atoms with E-state index in [2.05, 4.69) is 17.2 Å². The first kappa shape index (κ1) is 42.0. The Morgan fingerprint density at radius 1 is 1.07 bits per heavy atom. The maximum Gasteiger partial charge on any atom is 0.226 e. The Morgan fingerprint density at radius 3 is 2.53 bits per heavy atom. The molecule has 1 saturated carbocycles. The number of aryl methyl sites for hydroxylation is 2. The highest BCUT2D eigenvalue weighted by Gasteiger charge is 2.53. The molecule has 8 rings (SSSR count). The molecule has 7 atom stereocenters. The minimum Gasteiger partial charge on any atom is -0.508 e. The number of amides is 1. The summed E-state index contributed by atoms with van der Waals surface area (Å²) in [6.07, 6.45) is 2.43. The Kier molecular flexibility index (Phi) is 11.4. The number of H-pyrrole nitrogens is 1. The average Bonchev–Trinajstić information content (AvgIpc) is 4.03. The number of ether oxygens (including phenoxy) is 1. The van der Waals surface area contributed by atoms with Gasteiger partial charge in [-0.15, -0.1) is 0 Å². The third-order valence-corrected chi connectivity index (χ3v) is 13.4. The van der Waals surface area contributed by atoms with E-state index in [0.29, 0.717) is 65.1 Å². The summed E-state index contributed by atoms with van der Waals surface area (Å²) < 4.78 is 15.6. The van der Waals surface area contributed by atoms with Crippen LogP contribution in [0.25, 0.3) is 27.6 Å². The predicted molar refractivity (Wildman–Crippen MR) is 220 cm³/mol. The SMILES string of the molecule is CCc1c2cc[nH]c2cn1-c1c2c(cc3c(=O)cc(C)oc13)CC(OOCC(O)(Cc1ccc(O)cc1)C(O)C(O)C(O)CO)C(C)(CCC1CNC(=O)C13CCCC3)O2. The molecule has 2 aliphatic heterocycles. The van der Waals surface area contributed by atoms with E-state index in [-0.39, 0.29) is 35.8 Å². The molecule has 5 aromatic rings. The number of benzene rings is 2. The molecule has 5 heterocycles. The normalized spacial score (nSPS) is 23.7. The first-order valence-corrected chi connectivity index (χ1v) is 20.9. The molecule has 8 N–H and O–H groups in total. The molecule has 0 bridgehead atoms. The van der Waals surface area contributed by atoms with Gasteiger partial charge in [-0.1, -0.05) is 31.9 Å². The van der Waals surface area contributed by atoms with E-state index in [1.807, 2.05) is 30.0 Å². The van der Waals surface area contributed by atoms with Crippen molar-refractivity contribution in [3.8, 4) is 17.2 Å². The molecular formula is C45H55N3O12. The highest BCUT2D eigenvalue weighted by molar-refractivity contribution is 5.92. The van der Waals surface area contributed by atoms with E-state index in [1.54, 1.807) is 13.0 Å². The molecule has 322 valence electrons. The van der Waals surface area contributed by atoms with Crippen LogP contribution in [0.2, 0.25) is 0 Å². The Morgan fingerprint density at radius 2 is 1.82 bits per heavy atom. The van der Waals surface area contributed by atoms with Crippen LogP contribution < -0.4 is 15.5 Å². The first-order valence-electron chi connectivity index (χ1n) is 20.9. The maximum atomic E-state index is 13.7. The van der Waals surface area contributed by atoms with Gasteiger partial charge in [0.2, 0.25) is 5.91 Å². The first-order chi connectivity index (χ1) is 28.7. The Labute approximate surface area is 346 Å². The minimum absolute atomic E-state index is 0.0178. The fourth-order valence-corrected chi connectivity index (χ4v) is 9.93. The largest absolute Gasteiger partial charge is 0.508 e. The zero-order valence-electron chi connectivity index (χ0n) is 34.1. The maximum absolute atomic E-state index is 13.7. The van der Waals surface area contributed by atoms with Crippen molar-refractivity contribution >= 4 is 27.8 Å². The number of aromatic nitrogens is 2. The summed E-state index contributed by atoms with van der Waals surface area (Å²) in [6.45, 7) is 4.68. The van der Waals surface area contributed by atoms with Gasteiger partial charge >= 0.3 is 0 Å². The van der Waals surface area contributed by atoms with Crippen LogP contribution >= 0.6 is 0 Å². The van der Waals surface area contributed by atoms with Crippen molar-refractivity contribution in [2.24, 2.45) is 11.3 Å². The van der Waals surface area contributed by atoms with Crippen LogP contribution in [-0.4, -0.2) is 101 Å². The minimum atomic E-state index is -2.27. The monoisotopic (exact) mass is 829 g/mol. The van der Waals surface area contributed by atoms with Crippen molar-refractivity contribution < 1.29 is 54.4 Å². The van der Waals surface area contributed by atoms with Crippen LogP contribution in [-0.2, 0) is 33.8 Å². The third kappa shape index (κ3) is 7.39. The van der Waals surface area contributed by atoms with E-state index in [0.717, 1.165) is 42.3 Å². The quantitative estimate of drug-likeness (QED) is 0.0557. The highest BCUT2D eigenvalue weighted by atomic mass is 17.2. The van der Waals surface area contributed by atoms with Crippen molar-refractivity contribution in [1.82, 2.24) is 14.9 Å². The summed E-state index contributed by atoms with van der Waals surface area (Å²) in [6, 6.07) is 11.1. The van der Waals surface area contributed by atoms with Crippen LogP contribution in [0.5, 0.6) is 11.5 Å². The smallest absolute Gasteiger partial charge is 0.226 e. The van der Waals surface area contributed by atoms with Gasteiger partial charge < -0.3 is 54.7 Å². The third-order valence-electron chi connectivity index (χ3n) is 13.4. The van der Waals surface area contributed by atoms with E-state index in [4.69, 9.17) is 18.9 Å². The molecule has 2 aromatic carbocycles. The summed E-state index contributed by atoms with van der Waals surface area (Å²) in [7, 11) is 0. The molecule has 1 spiro atoms. The van der Waals surface area contributed by atoms with Gasteiger partial charge in [-0.3, -0.25) is 9.59 Å². The van der Waals surface area contributed by atoms with Gasteiger partial charge in [-0.05, 0) is 81.7 Å². The Bertz CT molecular complexity index is 2420. The van der Waals surface area contributed by atoms with Crippen molar-refractivity contribution in [1.29, 1.82) is 0 Å². The molecule has 2 fully saturated rings. The van der Waals surface area contributed by atoms with Gasteiger partial charge in [-0.2, -0.15) is 0 Å². The van der Waals surface area contributed by atoms with Crippen LogP contribution in [0.15, 0.2) is 64.1 Å². The zero-order chi connectivity index (χ0) is 42.6. The van der Waals surface area contributed by atoms with Gasteiger partial charge in [0.1, 0.15) is 59.4 Å². The molecule has 0 radical (unpaired) electrons. The lowest BCUT2D eigenvalue weighted by molar-refractivity contribution is -0.371. The lowest BCUT2D eigenvalue weighted by atomic mass is 9.72. The van der Waals surface area contributed by atoms with Crippen LogP contribution in [0.3, 0.4) is 0 Å². The molecular weight excluding hydrogens is 775 g/mol. The average molecular weight is 830 g/mol. The van der Waals surface area contributed by atoms with Crippen molar-refractivity contribution in [3.05, 3.63) is 87.7 Å². The number of carbonyl (C=O) groups is 1. The van der Waals surface area contributed by atoms with Crippen LogP contribution in [0, 0.1) is 18.3 Å². The predicted octanol–water partition coefficient (Wildman–Crippen LogP) is 3.79. The van der Waals surface area contributed by atoms with Gasteiger partial charge in [0.15, 0.2) is 16.8 Å². The second-order valence-corrected chi connectivity index (χ2v) is 17.3. The van der Waals surface area contributed by atoms with Crippen LogP contribution in [0.1, 0.15) is 75.0 Å². The summed E-state index contributed by atoms with van der Waals surface area (Å²) in [4.78, 5) is 42.4. The number of carbonyl (C=O) groups excluding carboxylic acids is 1. The Hall–Kier alpha value is -4.74. The molecule has 60 heavy (non-hydrogen) atoms. The van der Waals surface area contributed by atoms with Crippen molar-refractivity contribution in [2.75, 3.05) is 19.8 Å². The number of aromatic amines is 1. The molecule has 3 aliphatic rings. The number of hydrogen-bond acceptors (Lipinski definition) is 12. The number of hydrogen-bond donors (Lipinski definition) is 8. The van der Waals surface area contributed by atoms with E-state index < -0.39 is 54.2 Å². The number of aliphatic hydroxyl groups is 5. The second kappa shape index (κ2) is 16.3. The Balaban J connectivity index is 1.18. The number of aliphatic hydroxyl groups excluding tert-OH is 4. The number of phenols is 1. The number of phenolic OH excluding ortho intramolecular Hbond substituents is 1. The standard InChI is InChI=1S/C45H55N3O12/c1-4-33-30-12-16-46-32(30)22-48(33)37-39-27(18-31-34(51)17-25(2)58-40(31)37)19-36(43(3,59-39)15-11-28-21-47-42(55)44(28)13-5-6-14-44)60-57-24-45(56,41(54)38(53)35(52)23-49)20-26-7-9-29(50)10-8-26/h7-10,12,16-18,22,28,35-36,38,41,46,49-50,52-54,56H,4-6,11,13-15,19-21,23-24H2,1-3H3,(H,47,55). The number of nitrogens with zero attached hydrogens (tertiary/aromatic N) is 1. The van der Waals surface area contributed by atoms with E-state index in [9.17, 15) is 40.2 Å². The summed E-state index contributed by atoms with van der Waals surface area (Å²) in [5.74, 6) is 1.07. The number of rotatable bonds is 15. The van der Waals surface area contributed by atoms with Gasteiger partial charge in [0.25, 0.3) is 0 Å². The number of aromatic hydroxyl groups is 1. The molecule has 15 heteroatoms. The molecule has 1 amide bonds. The summed E-state index contributed by atoms with van der Waals surface area (Å²) >= 11 is 0. The zero-order valence-corrected chi connectivity index (χ0v) is 34.1. The molecule has 15 nitrogen and oxygen atoms in total. The van der Waals surface area contributed by atoms with Gasteiger partial charge in [0, 0.05) is 54.5 Å². The second-order valence-electron chi connectivity index (χ2n) is 17.3. The summed E-state index contributed by atoms with van der Waals surface area (Å²) in [5.41, 5.74) is -0.138. The summed E-state index contributed by atoms with van der Waals surface area (Å²) in [5, 5.41) is 68.0. The highest BCUT2D eigenvalue weighted by Crippen LogP contribution is 2.51. The van der Waals surface area contributed by atoms with Gasteiger partial charge in [-0.25, -0.2) is 9.78 Å². The van der Waals surface area contributed by atoms with Gasteiger partial charge in [0.05, 0.1) is 22.9 Å². The fourth-order valence-electron chi connectivity index (χ4n) is 9.93. The van der Waals surface area contributed by atoms with Crippen molar-refractivity contribution in [3.63, 3.8) is 0 Å². The fraction of sp³-hybridized carbons (Fsp3) is 0.511. The molecule has 1 aliphatic carbocycles. The molecule has 1 saturated heterocycles. The lowest BCUT2D eigenvalue weighted by Gasteiger charge is -2.43. The van der Waals surface area contributed by atoms with Crippen LogP contribution in [0.4, 0.5) is 0 Å². The van der Waals surface area contributed by atoms with E-state index >= 15 is 0 Å². The van der Waals surface area contributed by atoms with E-state index in [1.165, 1.54) is 30.3 Å². The number of nitrogens with one attached hydrogen (secondary N) is 2. The lowest BCUT2D eigenvalue weighted by Crippen LogP contribution is -2.58. The number of fused-ring (bicyclic) bond motifs is 3. The van der Waals surface area contributed by atoms with Crippen molar-refractivity contribution in [2.45, 2.75) is 114 Å². The molecule has 3 aromatic heterocycles. The topological polar surface area (TPSA) is 229 Å². The molecule has 7 unspecified atom stereocenters.